The van der Waals surface area contributed by atoms with Gasteiger partial charge in [-0.05, 0) is 57.2 Å². The van der Waals surface area contributed by atoms with Crippen LogP contribution in [0.15, 0.2) is 24.3 Å². The van der Waals surface area contributed by atoms with E-state index in [9.17, 15) is 8.42 Å². The van der Waals surface area contributed by atoms with Crippen LogP contribution >= 0.6 is 0 Å². The minimum atomic E-state index is -3.10. The van der Waals surface area contributed by atoms with Crippen LogP contribution in [0.4, 0.5) is 0 Å². The van der Waals surface area contributed by atoms with Crippen LogP contribution < -0.4 is 0 Å². The maximum absolute atomic E-state index is 13.1. The fraction of sp³-hybridized carbons (Fsp3) is 0.684. The molecule has 0 N–H and O–H groups in total. The van der Waals surface area contributed by atoms with Gasteiger partial charge < -0.3 is 0 Å². The van der Waals surface area contributed by atoms with Gasteiger partial charge in [-0.2, -0.15) is 4.31 Å². The Hall–Kier alpha value is -0.910. The lowest BCUT2D eigenvalue weighted by atomic mass is 9.75. The Bertz CT molecular complexity index is 733. The van der Waals surface area contributed by atoms with Crippen LogP contribution in [0.25, 0.3) is 0 Å². The lowest BCUT2D eigenvalue weighted by molar-refractivity contribution is 0.0122. The summed E-state index contributed by atoms with van der Waals surface area (Å²) < 4.78 is 28.1. The molecular weight excluding hydrogens is 320 g/mol. The van der Waals surface area contributed by atoms with Gasteiger partial charge in [-0.25, -0.2) is 8.42 Å². The van der Waals surface area contributed by atoms with E-state index in [1.165, 1.54) is 24.0 Å². The largest absolute Gasteiger partial charge is 0.298 e. The van der Waals surface area contributed by atoms with E-state index in [2.05, 4.69) is 36.1 Å². The van der Waals surface area contributed by atoms with Crippen molar-refractivity contribution in [2.24, 2.45) is 5.92 Å². The van der Waals surface area contributed by atoms with Crippen molar-refractivity contribution < 1.29 is 8.42 Å². The molecule has 5 aliphatic rings. The van der Waals surface area contributed by atoms with E-state index in [1.807, 2.05) is 4.31 Å². The SMILES string of the molecule is Cc1ccc([C@@H]2CN(S(=O)(=O)C3CC3)[C@@H]3C4CCN(CC4)[C@@H]32)cc1. The Morgan fingerprint density at radius 2 is 1.62 bits per heavy atom. The number of aryl methyl sites for hydroxylation is 1. The van der Waals surface area contributed by atoms with Gasteiger partial charge in [0.05, 0.1) is 5.25 Å². The summed E-state index contributed by atoms with van der Waals surface area (Å²) in [7, 11) is -3.10. The van der Waals surface area contributed by atoms with Gasteiger partial charge in [0, 0.05) is 24.5 Å². The van der Waals surface area contributed by atoms with Crippen LogP contribution in [0, 0.1) is 12.8 Å². The standard InChI is InChI=1S/C19H26N2O2S/c1-13-2-4-14(5-3-13)17-12-21(24(22,23)16-6-7-16)18-15-8-10-20(11-9-15)19(17)18/h2-5,15-19H,6-12H2,1H3/t17-,18+,19+/m0/s1. The number of benzene rings is 1. The number of fused-ring (bicyclic) bond motifs is 2. The molecule has 130 valence electrons. The molecule has 1 aliphatic carbocycles. The predicted octanol–water partition coefficient (Wildman–Crippen LogP) is 2.35. The molecule has 4 saturated heterocycles. The van der Waals surface area contributed by atoms with Crippen molar-refractivity contribution >= 4 is 10.0 Å². The number of rotatable bonds is 3. The van der Waals surface area contributed by atoms with Gasteiger partial charge in [-0.15, -0.1) is 0 Å². The molecule has 0 unspecified atom stereocenters. The van der Waals surface area contributed by atoms with Crippen molar-refractivity contribution in [2.45, 2.75) is 55.9 Å². The van der Waals surface area contributed by atoms with Crippen LogP contribution in [0.1, 0.15) is 42.7 Å². The highest BCUT2D eigenvalue weighted by Crippen LogP contribution is 2.49. The minimum absolute atomic E-state index is 0.0922. The number of hydrogen-bond acceptors (Lipinski definition) is 3. The molecule has 4 heterocycles. The third-order valence-corrected chi connectivity index (χ3v) is 9.09. The van der Waals surface area contributed by atoms with Crippen molar-refractivity contribution in [1.29, 1.82) is 0 Å². The highest BCUT2D eigenvalue weighted by atomic mass is 32.2. The Kier molecular flexibility index (Phi) is 3.39. The molecule has 3 atom stereocenters. The normalized spacial score (nSPS) is 39.1. The van der Waals surface area contributed by atoms with Gasteiger partial charge in [-0.1, -0.05) is 29.8 Å². The molecule has 2 bridgehead atoms. The molecule has 4 aliphatic heterocycles. The van der Waals surface area contributed by atoms with Crippen LogP contribution in [0.2, 0.25) is 0 Å². The summed E-state index contributed by atoms with van der Waals surface area (Å²) >= 11 is 0. The molecule has 0 radical (unpaired) electrons. The van der Waals surface area contributed by atoms with E-state index in [1.54, 1.807) is 0 Å². The molecule has 1 saturated carbocycles. The molecule has 5 heteroatoms. The van der Waals surface area contributed by atoms with E-state index in [0.717, 1.165) is 25.9 Å². The van der Waals surface area contributed by atoms with E-state index in [-0.39, 0.29) is 11.3 Å². The van der Waals surface area contributed by atoms with E-state index in [0.29, 0.717) is 24.4 Å². The second-order valence-corrected chi connectivity index (χ2v) is 10.4. The molecule has 5 fully saturated rings. The van der Waals surface area contributed by atoms with Gasteiger partial charge in [0.2, 0.25) is 10.0 Å². The molecular formula is C19H26N2O2S. The topological polar surface area (TPSA) is 40.6 Å². The summed E-state index contributed by atoms with van der Waals surface area (Å²) in [5.74, 6) is 0.885. The average Bonchev–Trinajstić information content (AvgIpc) is 3.37. The second-order valence-electron chi connectivity index (χ2n) is 8.19. The fourth-order valence-corrected chi connectivity index (χ4v) is 7.44. The Morgan fingerprint density at radius 3 is 2.25 bits per heavy atom. The van der Waals surface area contributed by atoms with E-state index < -0.39 is 10.0 Å². The van der Waals surface area contributed by atoms with Crippen LogP contribution in [0.5, 0.6) is 0 Å². The molecule has 4 nitrogen and oxygen atoms in total. The first-order valence-corrected chi connectivity index (χ1v) is 10.9. The third kappa shape index (κ3) is 2.21. The Morgan fingerprint density at radius 1 is 0.958 bits per heavy atom. The first-order chi connectivity index (χ1) is 11.6. The molecule has 0 aromatic heterocycles. The molecule has 0 spiro atoms. The average molecular weight is 346 g/mol. The van der Waals surface area contributed by atoms with Gasteiger partial charge in [-0.3, -0.25) is 4.90 Å². The second kappa shape index (κ2) is 5.29. The molecule has 24 heavy (non-hydrogen) atoms. The lowest BCUT2D eigenvalue weighted by Gasteiger charge is -2.51. The van der Waals surface area contributed by atoms with Crippen LogP contribution in [0.3, 0.4) is 0 Å². The number of nitrogens with zero attached hydrogens (tertiary/aromatic N) is 2. The van der Waals surface area contributed by atoms with Gasteiger partial charge in [0.25, 0.3) is 0 Å². The quantitative estimate of drug-likeness (QED) is 0.843. The summed E-state index contributed by atoms with van der Waals surface area (Å²) in [5.41, 5.74) is 2.58. The van der Waals surface area contributed by atoms with E-state index >= 15 is 0 Å². The van der Waals surface area contributed by atoms with Gasteiger partial charge in [0.15, 0.2) is 0 Å². The zero-order valence-corrected chi connectivity index (χ0v) is 15.1. The van der Waals surface area contributed by atoms with Gasteiger partial charge >= 0.3 is 0 Å². The summed E-state index contributed by atoms with van der Waals surface area (Å²) in [4.78, 5) is 2.58. The van der Waals surface area contributed by atoms with E-state index in [4.69, 9.17) is 0 Å². The fourth-order valence-electron chi connectivity index (χ4n) is 5.32. The maximum atomic E-state index is 13.1. The monoisotopic (exact) mass is 346 g/mol. The van der Waals surface area contributed by atoms with Crippen molar-refractivity contribution in [3.63, 3.8) is 0 Å². The van der Waals surface area contributed by atoms with Crippen molar-refractivity contribution in [3.05, 3.63) is 35.4 Å². The molecule has 6 rings (SSSR count). The van der Waals surface area contributed by atoms with Crippen LogP contribution in [-0.2, 0) is 10.0 Å². The zero-order valence-electron chi connectivity index (χ0n) is 14.3. The summed E-state index contributed by atoms with van der Waals surface area (Å²) in [6.07, 6.45) is 4.05. The third-order valence-electron chi connectivity index (χ3n) is 6.73. The lowest BCUT2D eigenvalue weighted by Crippen LogP contribution is -2.60. The highest BCUT2D eigenvalue weighted by Gasteiger charge is 2.58. The Labute approximate surface area is 144 Å². The van der Waals surface area contributed by atoms with Crippen LogP contribution in [-0.4, -0.2) is 54.6 Å². The first kappa shape index (κ1) is 15.4. The maximum Gasteiger partial charge on any atom is 0.217 e. The number of piperidine rings is 3. The van der Waals surface area contributed by atoms with Gasteiger partial charge in [0.1, 0.15) is 0 Å². The smallest absolute Gasteiger partial charge is 0.217 e. The minimum Gasteiger partial charge on any atom is -0.298 e. The highest BCUT2D eigenvalue weighted by molar-refractivity contribution is 7.90. The summed E-state index contributed by atoms with van der Waals surface area (Å²) in [5, 5.41) is -0.0922. The molecule has 0 amide bonds. The molecule has 1 aromatic rings. The first-order valence-electron chi connectivity index (χ1n) is 9.37. The van der Waals surface area contributed by atoms with Crippen molar-refractivity contribution in [1.82, 2.24) is 9.21 Å². The van der Waals surface area contributed by atoms with Crippen molar-refractivity contribution in [2.75, 3.05) is 19.6 Å². The number of hydrogen-bond donors (Lipinski definition) is 0. The predicted molar refractivity (Wildman–Crippen MR) is 94.4 cm³/mol. The summed E-state index contributed by atoms with van der Waals surface area (Å²) in [6, 6.07) is 9.36. The number of sulfonamides is 1. The Balaban J connectivity index is 1.55. The molecule has 1 aromatic carbocycles. The van der Waals surface area contributed by atoms with Crippen molar-refractivity contribution in [3.8, 4) is 0 Å². The zero-order chi connectivity index (χ0) is 16.5. The summed E-state index contributed by atoms with van der Waals surface area (Å²) in [6.45, 7) is 5.08.